The zero-order valence-electron chi connectivity index (χ0n) is 13.0. The topological polar surface area (TPSA) is 32.3 Å². The van der Waals surface area contributed by atoms with Crippen LogP contribution < -0.4 is 5.32 Å². The maximum Gasteiger partial charge on any atom is 0.317 e. The van der Waals surface area contributed by atoms with E-state index in [0.29, 0.717) is 19.6 Å². The number of aryl methyl sites for hydroxylation is 1. The van der Waals surface area contributed by atoms with Gasteiger partial charge in [0.05, 0.1) is 0 Å². The molecule has 0 bridgehead atoms. The highest BCUT2D eigenvalue weighted by atomic mass is 19.1. The summed E-state index contributed by atoms with van der Waals surface area (Å²) in [5.41, 5.74) is 3.03. The summed E-state index contributed by atoms with van der Waals surface area (Å²) in [6.45, 7) is 5.38. The first-order chi connectivity index (χ1) is 10.6. The van der Waals surface area contributed by atoms with Crippen LogP contribution in [0.4, 0.5) is 9.18 Å². The number of carbonyl (C=O) groups excluding carboxylic acids is 1. The third-order valence-corrected chi connectivity index (χ3v) is 3.62. The Morgan fingerprint density at radius 1 is 1.18 bits per heavy atom. The van der Waals surface area contributed by atoms with Gasteiger partial charge in [-0.1, -0.05) is 36.4 Å². The molecule has 0 radical (unpaired) electrons. The quantitative estimate of drug-likeness (QED) is 0.893. The van der Waals surface area contributed by atoms with Crippen molar-refractivity contribution in [3.8, 4) is 0 Å². The van der Waals surface area contributed by atoms with Crippen molar-refractivity contribution < 1.29 is 9.18 Å². The van der Waals surface area contributed by atoms with Gasteiger partial charge >= 0.3 is 6.03 Å². The van der Waals surface area contributed by atoms with Crippen molar-refractivity contribution in [1.29, 1.82) is 0 Å². The van der Waals surface area contributed by atoms with Gasteiger partial charge in [-0.15, -0.1) is 0 Å². The van der Waals surface area contributed by atoms with Crippen LogP contribution in [0.5, 0.6) is 0 Å². The highest BCUT2D eigenvalue weighted by Crippen LogP contribution is 2.09. The summed E-state index contributed by atoms with van der Waals surface area (Å²) >= 11 is 0. The molecule has 0 aliphatic carbocycles. The van der Waals surface area contributed by atoms with Crippen molar-refractivity contribution in [3.63, 3.8) is 0 Å². The van der Waals surface area contributed by atoms with E-state index in [1.54, 1.807) is 11.0 Å². The molecule has 3 nitrogen and oxygen atoms in total. The molecule has 116 valence electrons. The molecule has 2 rings (SSSR count). The minimum atomic E-state index is -0.283. The second-order valence-electron chi connectivity index (χ2n) is 5.23. The fraction of sp³-hybridized carbons (Fsp3) is 0.278. The third kappa shape index (κ3) is 4.32. The molecule has 0 fully saturated rings. The largest absolute Gasteiger partial charge is 0.334 e. The van der Waals surface area contributed by atoms with E-state index in [4.69, 9.17) is 0 Å². The molecule has 2 aromatic rings. The van der Waals surface area contributed by atoms with Crippen LogP contribution in [0, 0.1) is 12.7 Å². The molecule has 2 amide bonds. The van der Waals surface area contributed by atoms with E-state index in [2.05, 4.69) is 5.32 Å². The summed E-state index contributed by atoms with van der Waals surface area (Å²) in [7, 11) is 0. The van der Waals surface area contributed by atoms with Gasteiger partial charge in [-0.2, -0.15) is 0 Å². The van der Waals surface area contributed by atoms with Crippen molar-refractivity contribution in [2.75, 3.05) is 6.54 Å². The lowest BCUT2D eigenvalue weighted by molar-refractivity contribution is 0.197. The monoisotopic (exact) mass is 300 g/mol. The number of urea groups is 1. The van der Waals surface area contributed by atoms with Crippen LogP contribution >= 0.6 is 0 Å². The number of amides is 2. The van der Waals surface area contributed by atoms with E-state index < -0.39 is 0 Å². The van der Waals surface area contributed by atoms with Gasteiger partial charge in [-0.05, 0) is 42.7 Å². The van der Waals surface area contributed by atoms with Crippen LogP contribution in [0.15, 0.2) is 48.5 Å². The number of carbonyl (C=O) groups is 1. The Bertz CT molecular complexity index is 642. The van der Waals surface area contributed by atoms with E-state index in [0.717, 1.165) is 16.7 Å². The Morgan fingerprint density at radius 2 is 1.95 bits per heavy atom. The summed E-state index contributed by atoms with van der Waals surface area (Å²) in [6, 6.07) is 14.1. The van der Waals surface area contributed by atoms with Crippen LogP contribution in [-0.2, 0) is 13.1 Å². The van der Waals surface area contributed by atoms with E-state index in [-0.39, 0.29) is 11.8 Å². The van der Waals surface area contributed by atoms with Gasteiger partial charge in [0.15, 0.2) is 0 Å². The van der Waals surface area contributed by atoms with Gasteiger partial charge in [0.25, 0.3) is 0 Å². The number of rotatable bonds is 5. The molecule has 0 aliphatic heterocycles. The number of benzene rings is 2. The molecule has 0 saturated carbocycles. The molecule has 0 heterocycles. The Labute approximate surface area is 130 Å². The van der Waals surface area contributed by atoms with Crippen molar-refractivity contribution in [3.05, 3.63) is 71.0 Å². The van der Waals surface area contributed by atoms with Crippen LogP contribution in [0.1, 0.15) is 23.6 Å². The van der Waals surface area contributed by atoms with Gasteiger partial charge in [0, 0.05) is 19.6 Å². The molecule has 22 heavy (non-hydrogen) atoms. The van der Waals surface area contributed by atoms with E-state index in [1.807, 2.05) is 44.2 Å². The summed E-state index contributed by atoms with van der Waals surface area (Å²) in [5.74, 6) is -0.283. The molecule has 1 N–H and O–H groups in total. The second kappa shape index (κ2) is 7.59. The third-order valence-electron chi connectivity index (χ3n) is 3.62. The molecular formula is C18H21FN2O. The number of nitrogens with zero attached hydrogens (tertiary/aromatic N) is 1. The van der Waals surface area contributed by atoms with Crippen molar-refractivity contribution in [2.45, 2.75) is 26.9 Å². The smallest absolute Gasteiger partial charge is 0.317 e. The number of hydrogen-bond donors (Lipinski definition) is 1. The van der Waals surface area contributed by atoms with Gasteiger partial charge in [-0.3, -0.25) is 0 Å². The van der Waals surface area contributed by atoms with E-state index in [9.17, 15) is 9.18 Å². The lowest BCUT2D eigenvalue weighted by atomic mass is 10.1. The lowest BCUT2D eigenvalue weighted by Crippen LogP contribution is -2.39. The number of halogens is 1. The van der Waals surface area contributed by atoms with Crippen molar-refractivity contribution in [2.24, 2.45) is 0 Å². The number of hydrogen-bond acceptors (Lipinski definition) is 1. The van der Waals surface area contributed by atoms with Gasteiger partial charge in [-0.25, -0.2) is 9.18 Å². The zero-order valence-corrected chi connectivity index (χ0v) is 13.0. The lowest BCUT2D eigenvalue weighted by Gasteiger charge is -2.22. The van der Waals surface area contributed by atoms with Crippen LogP contribution in [0.2, 0.25) is 0 Å². The van der Waals surface area contributed by atoms with Crippen molar-refractivity contribution >= 4 is 6.03 Å². The minimum Gasteiger partial charge on any atom is -0.334 e. The van der Waals surface area contributed by atoms with E-state index >= 15 is 0 Å². The normalized spacial score (nSPS) is 10.3. The molecule has 0 saturated heterocycles. The molecule has 0 atom stereocenters. The standard InChI is InChI=1S/C18H21FN2O/c1-3-21(13-15-8-6-10-17(19)11-15)18(22)20-12-16-9-5-4-7-14(16)2/h4-11H,3,12-13H2,1-2H3,(H,20,22). The second-order valence-corrected chi connectivity index (χ2v) is 5.23. The van der Waals surface area contributed by atoms with Gasteiger partial charge in [0.1, 0.15) is 5.82 Å². The Kier molecular flexibility index (Phi) is 5.53. The Hall–Kier alpha value is -2.36. The first-order valence-electron chi connectivity index (χ1n) is 7.42. The van der Waals surface area contributed by atoms with Gasteiger partial charge < -0.3 is 10.2 Å². The summed E-state index contributed by atoms with van der Waals surface area (Å²) < 4.78 is 13.2. The van der Waals surface area contributed by atoms with Gasteiger partial charge in [0.2, 0.25) is 0 Å². The highest BCUT2D eigenvalue weighted by Gasteiger charge is 2.12. The molecule has 2 aromatic carbocycles. The average molecular weight is 300 g/mol. The van der Waals surface area contributed by atoms with E-state index in [1.165, 1.54) is 12.1 Å². The zero-order chi connectivity index (χ0) is 15.9. The maximum atomic E-state index is 13.2. The summed E-state index contributed by atoms with van der Waals surface area (Å²) in [6.07, 6.45) is 0. The van der Waals surface area contributed by atoms with Crippen LogP contribution in [-0.4, -0.2) is 17.5 Å². The Morgan fingerprint density at radius 3 is 2.64 bits per heavy atom. The molecule has 0 aliphatic rings. The fourth-order valence-electron chi connectivity index (χ4n) is 2.27. The first kappa shape index (κ1) is 16.0. The van der Waals surface area contributed by atoms with Crippen molar-refractivity contribution in [1.82, 2.24) is 10.2 Å². The Balaban J connectivity index is 1.96. The molecule has 0 spiro atoms. The van der Waals surface area contributed by atoms with Crippen LogP contribution in [0.3, 0.4) is 0 Å². The molecular weight excluding hydrogens is 279 g/mol. The average Bonchev–Trinajstić information content (AvgIpc) is 2.51. The maximum absolute atomic E-state index is 13.2. The predicted octanol–water partition coefficient (Wildman–Crippen LogP) is 3.87. The SMILES string of the molecule is CCN(Cc1cccc(F)c1)C(=O)NCc1ccccc1C. The highest BCUT2D eigenvalue weighted by molar-refractivity contribution is 5.74. The molecule has 4 heteroatoms. The predicted molar refractivity (Wildman–Crippen MR) is 85.9 cm³/mol. The summed E-state index contributed by atoms with van der Waals surface area (Å²) in [5, 5.41) is 2.92. The molecule has 0 unspecified atom stereocenters. The fourth-order valence-corrected chi connectivity index (χ4v) is 2.27. The van der Waals surface area contributed by atoms with Crippen LogP contribution in [0.25, 0.3) is 0 Å². The summed E-state index contributed by atoms with van der Waals surface area (Å²) in [4.78, 5) is 13.9. The first-order valence-corrected chi connectivity index (χ1v) is 7.42. The minimum absolute atomic E-state index is 0.144. The molecule has 0 aromatic heterocycles. The number of nitrogens with one attached hydrogen (secondary N) is 1.